The number of hydrogen-bond donors (Lipinski definition) is 0. The third-order valence-corrected chi connectivity index (χ3v) is 2.95. The highest BCUT2D eigenvalue weighted by Crippen LogP contribution is 2.58. The van der Waals surface area contributed by atoms with Gasteiger partial charge in [-0.3, -0.25) is 0 Å². The number of ether oxygens (including phenoxy) is 1. The lowest BCUT2D eigenvalue weighted by molar-refractivity contribution is 0.104. The molecule has 2 aliphatic rings. The van der Waals surface area contributed by atoms with Crippen LogP contribution in [0, 0.1) is 5.41 Å². The largest absolute Gasteiger partial charge is 0.381 e. The van der Waals surface area contributed by atoms with Crippen LogP contribution in [0.1, 0.15) is 32.1 Å². The molecular formula is C8H14O. The molecule has 0 aromatic heterocycles. The van der Waals surface area contributed by atoms with Crippen molar-refractivity contribution in [2.24, 2.45) is 5.41 Å². The highest BCUT2D eigenvalue weighted by atomic mass is 16.5. The van der Waals surface area contributed by atoms with Gasteiger partial charge < -0.3 is 4.74 Å². The topological polar surface area (TPSA) is 9.23 Å². The third kappa shape index (κ3) is 0.877. The first kappa shape index (κ1) is 5.72. The first-order valence-corrected chi connectivity index (χ1v) is 3.87. The van der Waals surface area contributed by atoms with E-state index >= 15 is 0 Å². The van der Waals surface area contributed by atoms with E-state index in [1.807, 2.05) is 7.11 Å². The summed E-state index contributed by atoms with van der Waals surface area (Å²) in [5.41, 5.74) is 0.792. The third-order valence-electron chi connectivity index (χ3n) is 2.95. The van der Waals surface area contributed by atoms with Gasteiger partial charge in [0.25, 0.3) is 0 Å². The van der Waals surface area contributed by atoms with Gasteiger partial charge in [-0.2, -0.15) is 0 Å². The van der Waals surface area contributed by atoms with Gasteiger partial charge in [-0.25, -0.2) is 0 Å². The summed E-state index contributed by atoms with van der Waals surface area (Å²) in [6.45, 7) is 0. The van der Waals surface area contributed by atoms with Crippen LogP contribution in [0.25, 0.3) is 0 Å². The second-order valence-electron chi connectivity index (χ2n) is 3.60. The van der Waals surface area contributed by atoms with Gasteiger partial charge >= 0.3 is 0 Å². The van der Waals surface area contributed by atoms with Gasteiger partial charge in [0.15, 0.2) is 0 Å². The second-order valence-corrected chi connectivity index (χ2v) is 3.60. The molecule has 0 aromatic rings. The van der Waals surface area contributed by atoms with Crippen molar-refractivity contribution in [3.8, 4) is 0 Å². The normalized spacial score (nSPS) is 37.7. The van der Waals surface area contributed by atoms with Crippen molar-refractivity contribution < 1.29 is 4.74 Å². The monoisotopic (exact) mass is 126 g/mol. The van der Waals surface area contributed by atoms with Gasteiger partial charge in [-0.15, -0.1) is 0 Å². The fourth-order valence-corrected chi connectivity index (χ4v) is 1.99. The van der Waals surface area contributed by atoms with Crippen LogP contribution >= 0.6 is 0 Å². The molecule has 1 atom stereocenters. The van der Waals surface area contributed by atoms with E-state index in [4.69, 9.17) is 4.74 Å². The second kappa shape index (κ2) is 1.72. The summed E-state index contributed by atoms with van der Waals surface area (Å²) in [4.78, 5) is 0. The van der Waals surface area contributed by atoms with E-state index in [0.717, 1.165) is 5.41 Å². The van der Waals surface area contributed by atoms with Crippen molar-refractivity contribution in [1.29, 1.82) is 0 Å². The zero-order chi connectivity index (χ0) is 6.32. The van der Waals surface area contributed by atoms with Crippen molar-refractivity contribution >= 4 is 0 Å². The van der Waals surface area contributed by atoms with E-state index in [0.29, 0.717) is 6.10 Å². The summed E-state index contributed by atoms with van der Waals surface area (Å²) in [7, 11) is 1.84. The molecule has 0 saturated heterocycles. The molecule has 1 heteroatoms. The summed E-state index contributed by atoms with van der Waals surface area (Å²) in [6.07, 6.45) is 7.66. The summed E-state index contributed by atoms with van der Waals surface area (Å²) in [6, 6.07) is 0. The Kier molecular flexibility index (Phi) is 1.10. The number of rotatable bonds is 1. The van der Waals surface area contributed by atoms with Crippen LogP contribution in [0.5, 0.6) is 0 Å². The van der Waals surface area contributed by atoms with Crippen LogP contribution in [0.3, 0.4) is 0 Å². The smallest absolute Gasteiger partial charge is 0.0576 e. The predicted molar refractivity (Wildman–Crippen MR) is 36.3 cm³/mol. The molecule has 0 heterocycles. The molecule has 0 aliphatic heterocycles. The van der Waals surface area contributed by atoms with Crippen LogP contribution in [-0.4, -0.2) is 13.2 Å². The fraction of sp³-hybridized carbons (Fsp3) is 1.00. The summed E-state index contributed by atoms with van der Waals surface area (Å²) in [5, 5.41) is 0. The maximum atomic E-state index is 5.29. The Hall–Kier alpha value is -0.0400. The molecule has 2 fully saturated rings. The van der Waals surface area contributed by atoms with Gasteiger partial charge in [-0.1, -0.05) is 0 Å². The predicted octanol–water partition coefficient (Wildman–Crippen LogP) is 1.97. The van der Waals surface area contributed by atoms with Crippen molar-refractivity contribution in [2.75, 3.05) is 7.11 Å². The van der Waals surface area contributed by atoms with E-state index in [2.05, 4.69) is 0 Å². The van der Waals surface area contributed by atoms with Gasteiger partial charge in [0.2, 0.25) is 0 Å². The molecule has 0 amide bonds. The molecular weight excluding hydrogens is 112 g/mol. The molecule has 52 valence electrons. The molecule has 1 nitrogen and oxygen atoms in total. The van der Waals surface area contributed by atoms with Crippen LogP contribution in [0.4, 0.5) is 0 Å². The van der Waals surface area contributed by atoms with Crippen LogP contribution in [0.15, 0.2) is 0 Å². The standard InChI is InChI=1S/C8H14O/c1-9-7-2-3-8(6-7)4-5-8/h7H,2-6H2,1H3. The molecule has 0 aromatic carbocycles. The van der Waals surface area contributed by atoms with Crippen LogP contribution in [0.2, 0.25) is 0 Å². The Morgan fingerprint density at radius 1 is 1.33 bits per heavy atom. The van der Waals surface area contributed by atoms with E-state index in [-0.39, 0.29) is 0 Å². The molecule has 0 radical (unpaired) electrons. The van der Waals surface area contributed by atoms with E-state index in [1.54, 1.807) is 0 Å². The molecule has 0 bridgehead atoms. The Morgan fingerprint density at radius 3 is 2.44 bits per heavy atom. The zero-order valence-corrected chi connectivity index (χ0v) is 6.02. The summed E-state index contributed by atoms with van der Waals surface area (Å²) >= 11 is 0. The minimum absolute atomic E-state index is 0.604. The molecule has 9 heavy (non-hydrogen) atoms. The van der Waals surface area contributed by atoms with E-state index < -0.39 is 0 Å². The summed E-state index contributed by atoms with van der Waals surface area (Å²) in [5.74, 6) is 0. The lowest BCUT2D eigenvalue weighted by atomic mass is 10.1. The number of methoxy groups -OCH3 is 1. The molecule has 0 N–H and O–H groups in total. The first-order chi connectivity index (χ1) is 4.35. The van der Waals surface area contributed by atoms with Gasteiger partial charge in [-0.05, 0) is 37.5 Å². The fourth-order valence-electron chi connectivity index (χ4n) is 1.99. The highest BCUT2D eigenvalue weighted by molar-refractivity contribution is 4.99. The van der Waals surface area contributed by atoms with E-state index in [1.165, 1.54) is 32.1 Å². The van der Waals surface area contributed by atoms with Gasteiger partial charge in [0.1, 0.15) is 0 Å². The Bertz CT molecular complexity index is 116. The average Bonchev–Trinajstić information content (AvgIpc) is 2.44. The lowest BCUT2D eigenvalue weighted by Gasteiger charge is -2.05. The van der Waals surface area contributed by atoms with Gasteiger partial charge in [0.05, 0.1) is 6.10 Å². The Labute approximate surface area is 56.4 Å². The zero-order valence-electron chi connectivity index (χ0n) is 6.02. The quantitative estimate of drug-likeness (QED) is 0.522. The van der Waals surface area contributed by atoms with Gasteiger partial charge in [0, 0.05) is 7.11 Å². The number of hydrogen-bond acceptors (Lipinski definition) is 1. The lowest BCUT2D eigenvalue weighted by Crippen LogP contribution is -2.04. The molecule has 2 aliphatic carbocycles. The summed E-state index contributed by atoms with van der Waals surface area (Å²) < 4.78 is 5.29. The van der Waals surface area contributed by atoms with Crippen molar-refractivity contribution in [1.82, 2.24) is 0 Å². The molecule has 2 saturated carbocycles. The minimum atomic E-state index is 0.604. The Morgan fingerprint density at radius 2 is 2.11 bits per heavy atom. The maximum absolute atomic E-state index is 5.29. The minimum Gasteiger partial charge on any atom is -0.381 e. The maximum Gasteiger partial charge on any atom is 0.0576 e. The van der Waals surface area contributed by atoms with Crippen LogP contribution < -0.4 is 0 Å². The van der Waals surface area contributed by atoms with Crippen molar-refractivity contribution in [2.45, 2.75) is 38.2 Å². The Balaban J connectivity index is 1.93. The average molecular weight is 126 g/mol. The highest BCUT2D eigenvalue weighted by Gasteiger charge is 2.48. The molecule has 2 rings (SSSR count). The van der Waals surface area contributed by atoms with Crippen molar-refractivity contribution in [3.05, 3.63) is 0 Å². The first-order valence-electron chi connectivity index (χ1n) is 3.87. The van der Waals surface area contributed by atoms with Crippen LogP contribution in [-0.2, 0) is 4.74 Å². The molecule has 1 spiro atoms. The molecule has 1 unspecified atom stereocenters. The SMILES string of the molecule is COC1CCC2(CC2)C1. The van der Waals surface area contributed by atoms with E-state index in [9.17, 15) is 0 Å². The van der Waals surface area contributed by atoms with Crippen molar-refractivity contribution in [3.63, 3.8) is 0 Å².